The second-order valence-corrected chi connectivity index (χ2v) is 10.1. The number of carbonyl (C=O) groups excluding carboxylic acids is 2. The predicted octanol–water partition coefficient (Wildman–Crippen LogP) is 6.11. The molecule has 2 aliphatic rings. The minimum absolute atomic E-state index is 0.0187. The summed E-state index contributed by atoms with van der Waals surface area (Å²) in [6, 6.07) is 19.0. The first-order valence-corrected chi connectivity index (χ1v) is 11.7. The first kappa shape index (κ1) is 21.5. The van der Waals surface area contributed by atoms with Gasteiger partial charge >= 0.3 is 6.09 Å². The molecule has 5 nitrogen and oxygen atoms in total. The zero-order valence-electron chi connectivity index (χ0n) is 19.5. The predicted molar refractivity (Wildman–Crippen MR) is 131 cm³/mol. The summed E-state index contributed by atoms with van der Waals surface area (Å²) in [5.74, 6) is 0.446. The molecule has 2 aliphatic heterocycles. The van der Waals surface area contributed by atoms with E-state index in [1.54, 1.807) is 0 Å². The lowest BCUT2D eigenvalue weighted by molar-refractivity contribution is 0.0204. The third-order valence-electron chi connectivity index (χ3n) is 6.62. The van der Waals surface area contributed by atoms with Gasteiger partial charge in [0.25, 0.3) is 5.91 Å². The average Bonchev–Trinajstić information content (AvgIpc) is 3.12. The average molecular weight is 443 g/mol. The van der Waals surface area contributed by atoms with Crippen molar-refractivity contribution in [1.29, 1.82) is 0 Å². The number of likely N-dealkylation sites (tertiary alicyclic amines) is 1. The lowest BCUT2D eigenvalue weighted by Gasteiger charge is -2.33. The van der Waals surface area contributed by atoms with Crippen LogP contribution in [0.3, 0.4) is 0 Å². The molecule has 0 aliphatic carbocycles. The van der Waals surface area contributed by atoms with Gasteiger partial charge in [0.1, 0.15) is 5.60 Å². The summed E-state index contributed by atoms with van der Waals surface area (Å²) in [4.78, 5) is 26.3. The van der Waals surface area contributed by atoms with Crippen LogP contribution in [0.5, 0.6) is 0 Å². The van der Waals surface area contributed by atoms with Gasteiger partial charge in [-0.3, -0.25) is 4.79 Å². The van der Waals surface area contributed by atoms with E-state index in [-0.39, 0.29) is 12.0 Å². The first-order chi connectivity index (χ1) is 15.8. The summed E-state index contributed by atoms with van der Waals surface area (Å²) in [7, 11) is 0. The molecule has 0 saturated carbocycles. The van der Waals surface area contributed by atoms with E-state index in [1.807, 2.05) is 43.9 Å². The van der Waals surface area contributed by atoms with Crippen LogP contribution in [0, 0.1) is 0 Å². The number of carbonyl (C=O) groups is 2. The number of rotatable bonds is 3. The second kappa shape index (κ2) is 8.22. The third kappa shape index (κ3) is 4.32. The zero-order valence-corrected chi connectivity index (χ0v) is 19.5. The molecule has 1 fully saturated rings. The molecule has 0 aromatic heterocycles. The SMILES string of the molecule is CC(C)(C)OC(=O)N1CCC(c2ccc(Cc3ccc4c5c(cccc35)C(=O)N4)cc2)CC1. The molecule has 5 heteroatoms. The van der Waals surface area contributed by atoms with Crippen molar-refractivity contribution in [3.8, 4) is 0 Å². The molecule has 0 atom stereocenters. The van der Waals surface area contributed by atoms with Crippen molar-refractivity contribution in [3.63, 3.8) is 0 Å². The summed E-state index contributed by atoms with van der Waals surface area (Å²) < 4.78 is 5.51. The first-order valence-electron chi connectivity index (χ1n) is 11.7. The summed E-state index contributed by atoms with van der Waals surface area (Å²) in [6.45, 7) is 7.17. The Labute approximate surface area is 194 Å². The van der Waals surface area contributed by atoms with Gasteiger partial charge in [-0.25, -0.2) is 4.79 Å². The van der Waals surface area contributed by atoms with Crippen molar-refractivity contribution in [2.75, 3.05) is 18.4 Å². The van der Waals surface area contributed by atoms with E-state index in [4.69, 9.17) is 4.74 Å². The highest BCUT2D eigenvalue weighted by Crippen LogP contribution is 2.36. The molecule has 2 amide bonds. The Balaban J connectivity index is 1.26. The Hall–Kier alpha value is -3.34. The van der Waals surface area contributed by atoms with Gasteiger partial charge in [0.05, 0.1) is 0 Å². The molecule has 0 radical (unpaired) electrons. The van der Waals surface area contributed by atoms with Crippen molar-refractivity contribution in [3.05, 3.63) is 76.9 Å². The number of hydrogen-bond donors (Lipinski definition) is 1. The molecular formula is C28H30N2O3. The molecular weight excluding hydrogens is 412 g/mol. The molecule has 3 aromatic carbocycles. The number of nitrogens with one attached hydrogen (secondary N) is 1. The van der Waals surface area contributed by atoms with E-state index in [9.17, 15) is 9.59 Å². The van der Waals surface area contributed by atoms with Gasteiger partial charge in [-0.15, -0.1) is 0 Å². The van der Waals surface area contributed by atoms with Gasteiger partial charge in [0, 0.05) is 29.7 Å². The largest absolute Gasteiger partial charge is 0.444 e. The summed E-state index contributed by atoms with van der Waals surface area (Å²) in [5.41, 5.74) is 5.02. The molecule has 0 unspecified atom stereocenters. The van der Waals surface area contributed by atoms with Gasteiger partial charge in [-0.05, 0) is 80.2 Å². The number of ether oxygens (including phenoxy) is 1. The molecule has 1 N–H and O–H groups in total. The van der Waals surface area contributed by atoms with Crippen LogP contribution in [0.25, 0.3) is 10.8 Å². The highest BCUT2D eigenvalue weighted by Gasteiger charge is 2.27. The van der Waals surface area contributed by atoms with E-state index in [1.165, 1.54) is 16.7 Å². The quantitative estimate of drug-likeness (QED) is 0.532. The molecule has 5 rings (SSSR count). The van der Waals surface area contributed by atoms with Crippen molar-refractivity contribution in [2.24, 2.45) is 0 Å². The number of amides is 2. The normalized spacial score (nSPS) is 16.2. The van der Waals surface area contributed by atoms with Crippen molar-refractivity contribution < 1.29 is 14.3 Å². The Morgan fingerprint density at radius 3 is 2.45 bits per heavy atom. The molecule has 0 spiro atoms. The topological polar surface area (TPSA) is 58.6 Å². The number of piperidine rings is 1. The van der Waals surface area contributed by atoms with Gasteiger partial charge in [-0.1, -0.05) is 42.5 Å². The molecule has 0 bridgehead atoms. The van der Waals surface area contributed by atoms with Crippen LogP contribution in [0.1, 0.15) is 66.6 Å². The summed E-state index contributed by atoms with van der Waals surface area (Å²) in [6.07, 6.45) is 2.52. The van der Waals surface area contributed by atoms with Gasteiger partial charge in [0.15, 0.2) is 0 Å². The van der Waals surface area contributed by atoms with Crippen molar-refractivity contribution >= 4 is 28.5 Å². The van der Waals surface area contributed by atoms with Gasteiger partial charge in [-0.2, -0.15) is 0 Å². The van der Waals surface area contributed by atoms with Gasteiger partial charge in [0.2, 0.25) is 0 Å². The smallest absolute Gasteiger partial charge is 0.410 e. The van der Waals surface area contributed by atoms with E-state index >= 15 is 0 Å². The minimum Gasteiger partial charge on any atom is -0.444 e. The molecule has 1 saturated heterocycles. The maximum absolute atomic E-state index is 12.3. The molecule has 3 aromatic rings. The van der Waals surface area contributed by atoms with Crippen LogP contribution in [0.4, 0.5) is 10.5 Å². The van der Waals surface area contributed by atoms with Crippen molar-refractivity contribution in [2.45, 2.75) is 51.6 Å². The van der Waals surface area contributed by atoms with Crippen LogP contribution in [-0.4, -0.2) is 35.6 Å². The molecule has 2 heterocycles. The lowest BCUT2D eigenvalue weighted by Crippen LogP contribution is -2.41. The Bertz CT molecular complexity index is 1220. The van der Waals surface area contributed by atoms with E-state index in [0.717, 1.165) is 54.4 Å². The Morgan fingerprint density at radius 2 is 1.76 bits per heavy atom. The number of hydrogen-bond acceptors (Lipinski definition) is 3. The fraction of sp³-hybridized carbons (Fsp3) is 0.357. The molecule has 33 heavy (non-hydrogen) atoms. The maximum atomic E-state index is 12.3. The van der Waals surface area contributed by atoms with Gasteiger partial charge < -0.3 is 15.0 Å². The minimum atomic E-state index is -0.458. The van der Waals surface area contributed by atoms with Crippen LogP contribution < -0.4 is 5.32 Å². The van der Waals surface area contributed by atoms with E-state index in [2.05, 4.69) is 41.7 Å². The second-order valence-electron chi connectivity index (χ2n) is 10.1. The monoisotopic (exact) mass is 442 g/mol. The lowest BCUT2D eigenvalue weighted by atomic mass is 9.88. The zero-order chi connectivity index (χ0) is 23.2. The summed E-state index contributed by atoms with van der Waals surface area (Å²) in [5, 5.41) is 5.13. The van der Waals surface area contributed by atoms with E-state index < -0.39 is 5.60 Å². The fourth-order valence-corrected chi connectivity index (χ4v) is 4.95. The van der Waals surface area contributed by atoms with Crippen LogP contribution in [0.2, 0.25) is 0 Å². The van der Waals surface area contributed by atoms with E-state index in [0.29, 0.717) is 5.92 Å². The van der Waals surface area contributed by atoms with Crippen LogP contribution >= 0.6 is 0 Å². The number of nitrogens with zero attached hydrogens (tertiary/aromatic N) is 1. The third-order valence-corrected chi connectivity index (χ3v) is 6.62. The number of anilines is 1. The Morgan fingerprint density at radius 1 is 1.03 bits per heavy atom. The standard InChI is InChI=1S/C28H30N2O3/c1-28(2,3)33-27(32)30-15-13-20(14-16-30)19-9-7-18(8-10-19)17-21-11-12-24-25-22(21)5-4-6-23(25)26(31)29-24/h4-12,20H,13-17H2,1-3H3,(H,29,31). The van der Waals surface area contributed by atoms with Crippen LogP contribution in [-0.2, 0) is 11.2 Å². The highest BCUT2D eigenvalue weighted by atomic mass is 16.6. The fourth-order valence-electron chi connectivity index (χ4n) is 4.95. The summed E-state index contributed by atoms with van der Waals surface area (Å²) >= 11 is 0. The number of benzene rings is 3. The molecule has 170 valence electrons. The maximum Gasteiger partial charge on any atom is 0.410 e. The van der Waals surface area contributed by atoms with Crippen LogP contribution in [0.15, 0.2) is 54.6 Å². The Kier molecular flexibility index (Phi) is 5.35. The van der Waals surface area contributed by atoms with Crippen molar-refractivity contribution in [1.82, 2.24) is 4.90 Å². The highest BCUT2D eigenvalue weighted by molar-refractivity contribution is 6.24.